The number of amides is 2. The summed E-state index contributed by atoms with van der Waals surface area (Å²) in [5.74, 6) is 1.89. The lowest BCUT2D eigenvalue weighted by Crippen LogP contribution is -2.62. The molecular formula is C31H41N5O3. The molecule has 4 aliphatic heterocycles. The van der Waals surface area contributed by atoms with Gasteiger partial charge in [0.05, 0.1) is 17.0 Å². The van der Waals surface area contributed by atoms with E-state index in [2.05, 4.69) is 50.1 Å². The molecule has 0 N–H and O–H groups in total. The van der Waals surface area contributed by atoms with Crippen molar-refractivity contribution in [1.82, 2.24) is 24.7 Å². The second-order valence-corrected chi connectivity index (χ2v) is 12.3. The van der Waals surface area contributed by atoms with Crippen molar-refractivity contribution in [3.8, 4) is 0 Å². The highest BCUT2D eigenvalue weighted by atomic mass is 16.5. The molecule has 0 saturated carbocycles. The highest BCUT2D eigenvalue weighted by Crippen LogP contribution is 2.40. The number of fused-ring (bicyclic) bond motifs is 1. The molecule has 4 fully saturated rings. The van der Waals surface area contributed by atoms with Crippen molar-refractivity contribution in [2.45, 2.75) is 44.9 Å². The van der Waals surface area contributed by atoms with Gasteiger partial charge in [-0.2, -0.15) is 0 Å². The maximum Gasteiger partial charge on any atom is 0.257 e. The number of hydrogen-bond acceptors (Lipinski definition) is 6. The number of ether oxygens (including phenoxy) is 1. The highest BCUT2D eigenvalue weighted by molar-refractivity contribution is 5.96. The molecular weight excluding hydrogens is 490 g/mol. The van der Waals surface area contributed by atoms with Crippen LogP contribution in [0.4, 0.5) is 0 Å². The van der Waals surface area contributed by atoms with Crippen molar-refractivity contribution in [3.63, 3.8) is 0 Å². The number of hydrogen-bond donors (Lipinski definition) is 0. The van der Waals surface area contributed by atoms with E-state index in [1.54, 1.807) is 0 Å². The average molecular weight is 532 g/mol. The minimum atomic E-state index is 0.0364. The lowest BCUT2D eigenvalue weighted by molar-refractivity contribution is -0.141. The second kappa shape index (κ2) is 11.0. The number of aromatic nitrogens is 2. The van der Waals surface area contributed by atoms with Crippen molar-refractivity contribution in [1.29, 1.82) is 0 Å². The molecule has 1 aromatic carbocycles. The van der Waals surface area contributed by atoms with Crippen LogP contribution in [0.15, 0.2) is 36.7 Å². The van der Waals surface area contributed by atoms with E-state index in [9.17, 15) is 9.59 Å². The lowest BCUT2D eigenvalue weighted by atomic mass is 9.70. The summed E-state index contributed by atoms with van der Waals surface area (Å²) >= 11 is 0. The molecule has 2 amide bonds. The monoisotopic (exact) mass is 531 g/mol. The van der Waals surface area contributed by atoms with Gasteiger partial charge in [0, 0.05) is 64.3 Å². The molecule has 0 bridgehead atoms. The molecule has 39 heavy (non-hydrogen) atoms. The van der Waals surface area contributed by atoms with Gasteiger partial charge in [-0.1, -0.05) is 30.3 Å². The fourth-order valence-electron chi connectivity index (χ4n) is 7.34. The third-order valence-corrected chi connectivity index (χ3v) is 9.73. The quantitative estimate of drug-likeness (QED) is 0.547. The Bertz CT molecular complexity index is 1160. The zero-order valence-corrected chi connectivity index (χ0v) is 23.3. The summed E-state index contributed by atoms with van der Waals surface area (Å²) in [5.41, 5.74) is 3.58. The van der Waals surface area contributed by atoms with Gasteiger partial charge in [0.2, 0.25) is 5.91 Å². The van der Waals surface area contributed by atoms with E-state index in [0.717, 1.165) is 89.7 Å². The molecule has 0 spiro atoms. The SMILES string of the molecule is Cc1ncnc(C)c1C(=O)N1CC2CN(CCC3(c4ccccc4)CN(C(=O)CC4CCOCC4)C3)CC2C1. The van der Waals surface area contributed by atoms with Crippen molar-refractivity contribution in [2.24, 2.45) is 17.8 Å². The first-order valence-corrected chi connectivity index (χ1v) is 14.6. The lowest BCUT2D eigenvalue weighted by Gasteiger charge is -2.51. The van der Waals surface area contributed by atoms with E-state index in [0.29, 0.717) is 35.6 Å². The number of carbonyl (C=O) groups excluding carboxylic acids is 2. The zero-order chi connectivity index (χ0) is 27.0. The Hall–Kier alpha value is -2.84. The van der Waals surface area contributed by atoms with Crippen LogP contribution in [0.3, 0.4) is 0 Å². The van der Waals surface area contributed by atoms with Crippen LogP contribution in [0.5, 0.6) is 0 Å². The average Bonchev–Trinajstić information content (AvgIpc) is 3.48. The van der Waals surface area contributed by atoms with Crippen LogP contribution in [-0.2, 0) is 14.9 Å². The predicted octanol–water partition coefficient (Wildman–Crippen LogP) is 3.08. The first kappa shape index (κ1) is 26.4. The number of nitrogens with zero attached hydrogens (tertiary/aromatic N) is 5. The normalized spacial score (nSPS) is 25.0. The summed E-state index contributed by atoms with van der Waals surface area (Å²) in [5, 5.41) is 0. The van der Waals surface area contributed by atoms with Crippen molar-refractivity contribution in [3.05, 3.63) is 59.2 Å². The first-order chi connectivity index (χ1) is 18.9. The molecule has 8 nitrogen and oxygen atoms in total. The third-order valence-electron chi connectivity index (χ3n) is 9.73. The van der Waals surface area contributed by atoms with Gasteiger partial charge >= 0.3 is 0 Å². The molecule has 8 heteroatoms. The highest BCUT2D eigenvalue weighted by Gasteiger charge is 2.48. The Balaban J connectivity index is 1.04. The molecule has 5 heterocycles. The van der Waals surface area contributed by atoms with Gasteiger partial charge < -0.3 is 19.4 Å². The smallest absolute Gasteiger partial charge is 0.257 e. The summed E-state index contributed by atoms with van der Waals surface area (Å²) in [7, 11) is 0. The largest absolute Gasteiger partial charge is 0.381 e. The van der Waals surface area contributed by atoms with Crippen LogP contribution >= 0.6 is 0 Å². The fourth-order valence-corrected chi connectivity index (χ4v) is 7.34. The molecule has 2 aromatic rings. The van der Waals surface area contributed by atoms with Crippen molar-refractivity contribution < 1.29 is 14.3 Å². The van der Waals surface area contributed by atoms with Crippen LogP contribution in [0, 0.1) is 31.6 Å². The Morgan fingerprint density at radius 1 is 0.923 bits per heavy atom. The number of likely N-dealkylation sites (tertiary alicyclic amines) is 3. The molecule has 1 aromatic heterocycles. The number of benzene rings is 1. The summed E-state index contributed by atoms with van der Waals surface area (Å²) in [6, 6.07) is 10.8. The Labute approximate surface area is 231 Å². The van der Waals surface area contributed by atoms with E-state index >= 15 is 0 Å². The molecule has 2 atom stereocenters. The maximum atomic E-state index is 13.3. The van der Waals surface area contributed by atoms with Crippen LogP contribution in [0.1, 0.15) is 53.0 Å². The van der Waals surface area contributed by atoms with Crippen LogP contribution < -0.4 is 0 Å². The zero-order valence-electron chi connectivity index (χ0n) is 23.3. The first-order valence-electron chi connectivity index (χ1n) is 14.6. The molecule has 0 aliphatic carbocycles. The minimum absolute atomic E-state index is 0.0364. The van der Waals surface area contributed by atoms with Gasteiger partial charge in [-0.15, -0.1) is 0 Å². The molecule has 6 rings (SSSR count). The van der Waals surface area contributed by atoms with Gasteiger partial charge in [0.25, 0.3) is 5.91 Å². The standard InChI is InChI=1S/C31H41N5O3/c1-22-29(23(2)33-21-32-22)30(38)35-17-25-15-34(16-26(25)18-35)11-10-31(27-6-4-3-5-7-27)19-36(20-31)28(37)14-24-8-12-39-13-9-24/h3-7,21,24-26H,8-20H2,1-2H3. The van der Waals surface area contributed by atoms with Gasteiger partial charge in [-0.05, 0) is 63.0 Å². The van der Waals surface area contributed by atoms with Crippen LogP contribution in [0.2, 0.25) is 0 Å². The van der Waals surface area contributed by atoms with Gasteiger partial charge in [0.1, 0.15) is 6.33 Å². The van der Waals surface area contributed by atoms with E-state index in [4.69, 9.17) is 4.74 Å². The minimum Gasteiger partial charge on any atom is -0.381 e. The molecule has 208 valence electrons. The summed E-state index contributed by atoms with van der Waals surface area (Å²) in [6.07, 6.45) is 5.25. The van der Waals surface area contributed by atoms with E-state index < -0.39 is 0 Å². The van der Waals surface area contributed by atoms with Gasteiger partial charge in [-0.25, -0.2) is 9.97 Å². The van der Waals surface area contributed by atoms with Crippen molar-refractivity contribution in [2.75, 3.05) is 59.0 Å². The summed E-state index contributed by atoms with van der Waals surface area (Å²) in [4.78, 5) is 41.5. The Morgan fingerprint density at radius 2 is 1.56 bits per heavy atom. The second-order valence-electron chi connectivity index (χ2n) is 12.3. The topological polar surface area (TPSA) is 78.9 Å². The fraction of sp³-hybridized carbons (Fsp3) is 0.613. The maximum absolute atomic E-state index is 13.3. The van der Waals surface area contributed by atoms with Gasteiger partial charge in [0.15, 0.2) is 0 Å². The molecule has 0 radical (unpaired) electrons. The summed E-state index contributed by atoms with van der Waals surface area (Å²) < 4.78 is 5.47. The summed E-state index contributed by atoms with van der Waals surface area (Å²) in [6.45, 7) is 11.7. The Morgan fingerprint density at radius 3 is 2.21 bits per heavy atom. The van der Waals surface area contributed by atoms with E-state index in [1.807, 2.05) is 18.7 Å². The van der Waals surface area contributed by atoms with E-state index in [-0.39, 0.29) is 11.3 Å². The van der Waals surface area contributed by atoms with Gasteiger partial charge in [-0.3, -0.25) is 9.59 Å². The molecule has 4 aliphatic rings. The van der Waals surface area contributed by atoms with Crippen molar-refractivity contribution >= 4 is 11.8 Å². The number of rotatable bonds is 7. The van der Waals surface area contributed by atoms with Crippen LogP contribution in [0.25, 0.3) is 0 Å². The number of aryl methyl sites for hydroxylation is 2. The predicted molar refractivity (Wildman–Crippen MR) is 148 cm³/mol. The van der Waals surface area contributed by atoms with Crippen LogP contribution in [-0.4, -0.2) is 95.5 Å². The molecule has 2 unspecified atom stereocenters. The number of carbonyl (C=O) groups is 2. The molecule has 4 saturated heterocycles. The third kappa shape index (κ3) is 5.33. The Kier molecular flexibility index (Phi) is 7.42. The van der Waals surface area contributed by atoms with E-state index in [1.165, 1.54) is 11.9 Å².